The van der Waals surface area contributed by atoms with Crippen molar-refractivity contribution in [1.82, 2.24) is 9.13 Å². The van der Waals surface area contributed by atoms with Crippen molar-refractivity contribution in [2.45, 2.75) is 12.3 Å². The molecule has 1 N–H and O–H groups in total. The molecular formula is C18H17N3O2. The molecular weight excluding hydrogens is 290 g/mol. The number of carbonyl (C=O) groups excluding carboxylic acids is 1. The van der Waals surface area contributed by atoms with Gasteiger partial charge in [0.15, 0.2) is 0 Å². The Balaban J connectivity index is 1.75. The van der Waals surface area contributed by atoms with Crippen LogP contribution in [0, 0.1) is 0 Å². The van der Waals surface area contributed by atoms with Gasteiger partial charge in [0, 0.05) is 19.8 Å². The molecule has 5 heteroatoms. The van der Waals surface area contributed by atoms with E-state index in [4.69, 9.17) is 0 Å². The molecule has 2 aromatic carbocycles. The highest BCUT2D eigenvalue weighted by Gasteiger charge is 2.30. The normalized spacial score (nSPS) is 16.6. The first-order chi connectivity index (χ1) is 11.1. The van der Waals surface area contributed by atoms with Crippen molar-refractivity contribution in [3.63, 3.8) is 0 Å². The first kappa shape index (κ1) is 13.8. The minimum atomic E-state index is -0.176. The highest BCUT2D eigenvalue weighted by molar-refractivity contribution is 6.03. The number of hydrogen-bond acceptors (Lipinski definition) is 2. The Morgan fingerprint density at radius 1 is 1.00 bits per heavy atom. The zero-order chi connectivity index (χ0) is 16.1. The lowest BCUT2D eigenvalue weighted by Gasteiger charge is -2.09. The van der Waals surface area contributed by atoms with Gasteiger partial charge in [-0.3, -0.25) is 13.9 Å². The number of rotatable bonds is 2. The van der Waals surface area contributed by atoms with E-state index in [-0.39, 0.29) is 17.5 Å². The number of hydrogen-bond donors (Lipinski definition) is 1. The van der Waals surface area contributed by atoms with E-state index in [2.05, 4.69) is 5.32 Å². The predicted octanol–water partition coefficient (Wildman–Crippen LogP) is 2.16. The molecule has 1 amide bonds. The molecule has 5 nitrogen and oxygen atoms in total. The molecule has 2 heterocycles. The van der Waals surface area contributed by atoms with E-state index in [9.17, 15) is 9.59 Å². The van der Waals surface area contributed by atoms with Crippen molar-refractivity contribution in [3.05, 3.63) is 64.1 Å². The number of amides is 1. The zero-order valence-corrected chi connectivity index (χ0v) is 13.0. The minimum Gasteiger partial charge on any atom is -0.325 e. The third kappa shape index (κ3) is 2.00. The SMILES string of the molecule is Cn1c(=O)n(C)c2cc(CC3C(=O)Nc4ccccc43)ccc21. The van der Waals surface area contributed by atoms with E-state index in [1.165, 1.54) is 0 Å². The van der Waals surface area contributed by atoms with Crippen LogP contribution in [0.3, 0.4) is 0 Å². The van der Waals surface area contributed by atoms with Crippen LogP contribution >= 0.6 is 0 Å². The first-order valence-electron chi connectivity index (χ1n) is 7.60. The maximum Gasteiger partial charge on any atom is 0.328 e. The molecule has 0 radical (unpaired) electrons. The largest absolute Gasteiger partial charge is 0.328 e. The van der Waals surface area contributed by atoms with Crippen LogP contribution in [0.2, 0.25) is 0 Å². The summed E-state index contributed by atoms with van der Waals surface area (Å²) in [4.78, 5) is 24.3. The molecule has 1 aliphatic heterocycles. The number of carbonyl (C=O) groups is 1. The molecule has 1 aliphatic rings. The van der Waals surface area contributed by atoms with Gasteiger partial charge in [-0.05, 0) is 35.7 Å². The molecule has 0 aliphatic carbocycles. The van der Waals surface area contributed by atoms with Gasteiger partial charge in [-0.1, -0.05) is 24.3 Å². The first-order valence-corrected chi connectivity index (χ1v) is 7.60. The lowest BCUT2D eigenvalue weighted by molar-refractivity contribution is -0.117. The minimum absolute atomic E-state index is 0.0354. The number of imidazole rings is 1. The number of anilines is 1. The molecule has 0 saturated heterocycles. The Labute approximate surface area is 133 Å². The Bertz CT molecular complexity index is 997. The van der Waals surface area contributed by atoms with Crippen LogP contribution in [-0.4, -0.2) is 15.0 Å². The molecule has 23 heavy (non-hydrogen) atoms. The number of nitrogens with one attached hydrogen (secondary N) is 1. The number of aryl methyl sites for hydroxylation is 2. The summed E-state index contributed by atoms with van der Waals surface area (Å²) in [6.45, 7) is 0. The van der Waals surface area contributed by atoms with Gasteiger partial charge in [0.25, 0.3) is 0 Å². The van der Waals surface area contributed by atoms with Gasteiger partial charge < -0.3 is 5.32 Å². The maximum atomic E-state index is 12.3. The third-order valence-electron chi connectivity index (χ3n) is 4.69. The summed E-state index contributed by atoms with van der Waals surface area (Å²) in [5, 5.41) is 2.93. The van der Waals surface area contributed by atoms with E-state index in [1.807, 2.05) is 42.5 Å². The molecule has 1 aromatic heterocycles. The van der Waals surface area contributed by atoms with Crippen LogP contribution in [0.4, 0.5) is 5.69 Å². The molecule has 4 rings (SSSR count). The van der Waals surface area contributed by atoms with Gasteiger partial charge in [0.05, 0.1) is 17.0 Å². The lowest BCUT2D eigenvalue weighted by atomic mass is 9.93. The zero-order valence-electron chi connectivity index (χ0n) is 13.0. The second-order valence-electron chi connectivity index (χ2n) is 6.06. The fourth-order valence-electron chi connectivity index (χ4n) is 3.39. The van der Waals surface area contributed by atoms with Crippen molar-refractivity contribution in [3.8, 4) is 0 Å². The molecule has 116 valence electrons. The fourth-order valence-corrected chi connectivity index (χ4v) is 3.39. The van der Waals surface area contributed by atoms with E-state index in [0.717, 1.165) is 27.8 Å². The van der Waals surface area contributed by atoms with Gasteiger partial charge in [-0.25, -0.2) is 4.79 Å². The van der Waals surface area contributed by atoms with E-state index < -0.39 is 0 Å². The van der Waals surface area contributed by atoms with Crippen LogP contribution in [0.1, 0.15) is 17.0 Å². The van der Waals surface area contributed by atoms with Gasteiger partial charge in [-0.15, -0.1) is 0 Å². The quantitative estimate of drug-likeness (QED) is 0.789. The average molecular weight is 307 g/mol. The van der Waals surface area contributed by atoms with Crippen LogP contribution in [-0.2, 0) is 25.3 Å². The number of aromatic nitrogens is 2. The van der Waals surface area contributed by atoms with E-state index in [0.29, 0.717) is 6.42 Å². The predicted molar refractivity (Wildman–Crippen MR) is 89.7 cm³/mol. The second-order valence-corrected chi connectivity index (χ2v) is 6.06. The highest BCUT2D eigenvalue weighted by atomic mass is 16.2. The van der Waals surface area contributed by atoms with E-state index >= 15 is 0 Å². The van der Waals surface area contributed by atoms with Crippen LogP contribution in [0.5, 0.6) is 0 Å². The van der Waals surface area contributed by atoms with Gasteiger partial charge in [-0.2, -0.15) is 0 Å². The van der Waals surface area contributed by atoms with E-state index in [1.54, 1.807) is 23.2 Å². The Kier molecular flexibility index (Phi) is 2.91. The van der Waals surface area contributed by atoms with Crippen molar-refractivity contribution < 1.29 is 4.79 Å². The van der Waals surface area contributed by atoms with Crippen molar-refractivity contribution in [2.75, 3.05) is 5.32 Å². The number of fused-ring (bicyclic) bond motifs is 2. The molecule has 1 atom stereocenters. The summed E-state index contributed by atoms with van der Waals surface area (Å²) in [6, 6.07) is 13.8. The average Bonchev–Trinajstić information content (AvgIpc) is 2.98. The van der Waals surface area contributed by atoms with Crippen LogP contribution in [0.15, 0.2) is 47.3 Å². The Morgan fingerprint density at radius 2 is 1.74 bits per heavy atom. The van der Waals surface area contributed by atoms with Gasteiger partial charge >= 0.3 is 5.69 Å². The topological polar surface area (TPSA) is 56.0 Å². The molecule has 0 saturated carbocycles. The lowest BCUT2D eigenvalue weighted by Crippen LogP contribution is -2.19. The van der Waals surface area contributed by atoms with Crippen molar-refractivity contribution in [1.29, 1.82) is 0 Å². The van der Waals surface area contributed by atoms with Crippen LogP contribution < -0.4 is 11.0 Å². The highest BCUT2D eigenvalue weighted by Crippen LogP contribution is 2.34. The fraction of sp³-hybridized carbons (Fsp3) is 0.222. The number of nitrogens with zero attached hydrogens (tertiary/aromatic N) is 2. The summed E-state index contributed by atoms with van der Waals surface area (Å²) in [5.74, 6) is -0.141. The number of para-hydroxylation sites is 1. The van der Waals surface area contributed by atoms with Crippen molar-refractivity contribution >= 4 is 22.6 Å². The third-order valence-corrected chi connectivity index (χ3v) is 4.69. The molecule has 1 unspecified atom stereocenters. The smallest absolute Gasteiger partial charge is 0.325 e. The summed E-state index contributed by atoms with van der Waals surface area (Å²) < 4.78 is 3.28. The molecule has 0 spiro atoms. The Hall–Kier alpha value is -2.82. The standard InChI is InChI=1S/C18H17N3O2/c1-20-15-8-7-11(10-16(15)21(2)18(20)23)9-13-12-5-3-4-6-14(12)19-17(13)22/h3-8,10,13H,9H2,1-2H3,(H,19,22). The number of benzene rings is 2. The molecule has 3 aromatic rings. The second kappa shape index (κ2) is 4.84. The van der Waals surface area contributed by atoms with Gasteiger partial charge in [0.2, 0.25) is 5.91 Å². The summed E-state index contributed by atoms with van der Waals surface area (Å²) >= 11 is 0. The monoisotopic (exact) mass is 307 g/mol. The van der Waals surface area contributed by atoms with Crippen molar-refractivity contribution in [2.24, 2.45) is 14.1 Å². The summed E-state index contributed by atoms with van der Waals surface area (Å²) in [6.07, 6.45) is 0.627. The van der Waals surface area contributed by atoms with Crippen LogP contribution in [0.25, 0.3) is 11.0 Å². The maximum absolute atomic E-state index is 12.3. The summed E-state index contributed by atoms with van der Waals surface area (Å²) in [7, 11) is 3.54. The van der Waals surface area contributed by atoms with Gasteiger partial charge in [0.1, 0.15) is 0 Å². The summed E-state index contributed by atoms with van der Waals surface area (Å²) in [5.41, 5.74) is 4.74. The Morgan fingerprint density at radius 3 is 2.57 bits per heavy atom. The molecule has 0 fully saturated rings. The molecule has 0 bridgehead atoms.